The zero-order valence-corrected chi connectivity index (χ0v) is 8.62. The molecule has 2 N–H and O–H groups in total. The molecule has 13 heavy (non-hydrogen) atoms. The lowest BCUT2D eigenvalue weighted by atomic mass is 9.93. The van der Waals surface area contributed by atoms with Crippen LogP contribution < -0.4 is 5.32 Å². The van der Waals surface area contributed by atoms with Gasteiger partial charge in [-0.3, -0.25) is 0 Å². The monoisotopic (exact) mass is 187 g/mol. The number of rotatable bonds is 4. The van der Waals surface area contributed by atoms with Crippen LogP contribution in [0.4, 0.5) is 0 Å². The first-order valence-corrected chi connectivity index (χ1v) is 5.19. The van der Waals surface area contributed by atoms with Gasteiger partial charge in [0.1, 0.15) is 0 Å². The summed E-state index contributed by atoms with van der Waals surface area (Å²) in [4.78, 5) is 0. The van der Waals surface area contributed by atoms with Crippen LogP contribution in [0.15, 0.2) is 0 Å². The molecule has 0 aliphatic carbocycles. The van der Waals surface area contributed by atoms with Gasteiger partial charge in [-0.15, -0.1) is 0 Å². The fraction of sp³-hybridized carbons (Fsp3) is 1.00. The lowest BCUT2D eigenvalue weighted by Gasteiger charge is -2.28. The Morgan fingerprint density at radius 1 is 1.38 bits per heavy atom. The molecular formula is C10H21NO2. The Bertz CT molecular complexity index is 133. The minimum atomic E-state index is -0.248. The zero-order chi connectivity index (χ0) is 9.68. The summed E-state index contributed by atoms with van der Waals surface area (Å²) in [5.74, 6) is 0.715. The molecule has 0 bridgehead atoms. The number of hydrogen-bond acceptors (Lipinski definition) is 3. The molecule has 0 aromatic heterocycles. The van der Waals surface area contributed by atoms with Crippen molar-refractivity contribution in [3.05, 3.63) is 0 Å². The Labute approximate surface area is 80.5 Å². The molecule has 1 aliphatic rings. The summed E-state index contributed by atoms with van der Waals surface area (Å²) >= 11 is 0. The van der Waals surface area contributed by atoms with Gasteiger partial charge in [0.2, 0.25) is 0 Å². The Kier molecular flexibility index (Phi) is 4.70. The molecule has 3 nitrogen and oxygen atoms in total. The van der Waals surface area contributed by atoms with Gasteiger partial charge in [0, 0.05) is 25.8 Å². The average molecular weight is 187 g/mol. The summed E-state index contributed by atoms with van der Waals surface area (Å²) in [7, 11) is 0. The summed E-state index contributed by atoms with van der Waals surface area (Å²) in [5.41, 5.74) is 0. The number of ether oxygens (including phenoxy) is 1. The number of nitrogens with one attached hydrogen (secondary N) is 1. The number of aliphatic hydroxyl groups excluding tert-OH is 1. The van der Waals surface area contributed by atoms with Gasteiger partial charge in [-0.05, 0) is 32.6 Å². The summed E-state index contributed by atoms with van der Waals surface area (Å²) in [5, 5.41) is 12.5. The number of hydrogen-bond donors (Lipinski definition) is 2. The first-order valence-electron chi connectivity index (χ1n) is 5.19. The van der Waals surface area contributed by atoms with Gasteiger partial charge >= 0.3 is 0 Å². The highest BCUT2D eigenvalue weighted by Crippen LogP contribution is 2.18. The van der Waals surface area contributed by atoms with Crippen LogP contribution in [0.1, 0.15) is 26.7 Å². The van der Waals surface area contributed by atoms with Crippen LogP contribution in [-0.2, 0) is 4.74 Å². The number of aliphatic hydroxyl groups is 1. The molecule has 0 radical (unpaired) electrons. The molecule has 0 spiro atoms. The van der Waals surface area contributed by atoms with Gasteiger partial charge in [0.25, 0.3) is 0 Å². The third-order valence-corrected chi connectivity index (χ3v) is 2.71. The molecule has 1 heterocycles. The first-order chi connectivity index (χ1) is 6.20. The Balaban J connectivity index is 2.17. The van der Waals surface area contributed by atoms with Gasteiger partial charge in [0.05, 0.1) is 6.10 Å². The maximum Gasteiger partial charge on any atom is 0.0636 e. The van der Waals surface area contributed by atoms with Gasteiger partial charge in [-0.25, -0.2) is 0 Å². The maximum atomic E-state index is 9.11. The van der Waals surface area contributed by atoms with Crippen LogP contribution >= 0.6 is 0 Å². The fourth-order valence-electron chi connectivity index (χ4n) is 1.74. The highest BCUT2D eigenvalue weighted by Gasteiger charge is 2.19. The Hall–Kier alpha value is -0.120. The third-order valence-electron chi connectivity index (χ3n) is 2.71. The quantitative estimate of drug-likeness (QED) is 0.683. The minimum Gasteiger partial charge on any atom is -0.392 e. The molecule has 78 valence electrons. The van der Waals surface area contributed by atoms with Crippen molar-refractivity contribution in [3.63, 3.8) is 0 Å². The summed E-state index contributed by atoms with van der Waals surface area (Å²) in [6.45, 7) is 6.48. The molecule has 0 aromatic rings. The molecule has 0 amide bonds. The second kappa shape index (κ2) is 5.58. The van der Waals surface area contributed by atoms with Crippen molar-refractivity contribution in [2.45, 2.75) is 38.8 Å². The topological polar surface area (TPSA) is 41.5 Å². The molecule has 1 rings (SSSR count). The second-order valence-electron chi connectivity index (χ2n) is 4.00. The van der Waals surface area contributed by atoms with E-state index in [1.165, 1.54) is 0 Å². The van der Waals surface area contributed by atoms with Crippen LogP contribution in [0, 0.1) is 5.92 Å². The van der Waals surface area contributed by atoms with Crippen LogP contribution in [0.2, 0.25) is 0 Å². The zero-order valence-electron chi connectivity index (χ0n) is 8.62. The molecule has 2 unspecified atom stereocenters. The Morgan fingerprint density at radius 2 is 2.00 bits per heavy atom. The van der Waals surface area contributed by atoms with E-state index in [1.807, 2.05) is 6.92 Å². The molecule has 1 saturated heterocycles. The van der Waals surface area contributed by atoms with E-state index >= 15 is 0 Å². The SMILES string of the molecule is CC(O)CNC(C)C1CCOCC1. The first kappa shape index (κ1) is 11.0. The van der Waals surface area contributed by atoms with Crippen LogP contribution in [0.5, 0.6) is 0 Å². The third kappa shape index (κ3) is 4.07. The smallest absolute Gasteiger partial charge is 0.0636 e. The normalized spacial score (nSPS) is 24.2. The van der Waals surface area contributed by atoms with Crippen molar-refractivity contribution in [3.8, 4) is 0 Å². The highest BCUT2D eigenvalue weighted by atomic mass is 16.5. The standard InChI is InChI=1S/C10H21NO2/c1-8(12)7-11-9(2)10-3-5-13-6-4-10/h8-12H,3-7H2,1-2H3. The molecule has 1 aliphatic heterocycles. The van der Waals surface area contributed by atoms with E-state index in [2.05, 4.69) is 12.2 Å². The van der Waals surface area contributed by atoms with Crippen molar-refractivity contribution in [2.24, 2.45) is 5.92 Å². The van der Waals surface area contributed by atoms with Crippen molar-refractivity contribution >= 4 is 0 Å². The predicted molar refractivity (Wildman–Crippen MR) is 52.7 cm³/mol. The van der Waals surface area contributed by atoms with Gasteiger partial charge in [-0.1, -0.05) is 0 Å². The lowest BCUT2D eigenvalue weighted by Crippen LogP contribution is -2.39. The molecule has 3 heteroatoms. The largest absolute Gasteiger partial charge is 0.392 e. The average Bonchev–Trinajstić information content (AvgIpc) is 2.15. The second-order valence-corrected chi connectivity index (χ2v) is 4.00. The van der Waals surface area contributed by atoms with E-state index in [1.54, 1.807) is 0 Å². The molecule has 1 fully saturated rings. The van der Waals surface area contributed by atoms with Crippen molar-refractivity contribution in [2.75, 3.05) is 19.8 Å². The summed E-state index contributed by atoms with van der Waals surface area (Å²) in [6, 6.07) is 0.499. The predicted octanol–water partition coefficient (Wildman–Crippen LogP) is 0.772. The van der Waals surface area contributed by atoms with Gasteiger partial charge < -0.3 is 15.2 Å². The molecular weight excluding hydrogens is 166 g/mol. The van der Waals surface area contributed by atoms with Gasteiger partial charge in [0.15, 0.2) is 0 Å². The van der Waals surface area contributed by atoms with Crippen LogP contribution in [0.25, 0.3) is 0 Å². The van der Waals surface area contributed by atoms with Crippen molar-refractivity contribution in [1.29, 1.82) is 0 Å². The van der Waals surface area contributed by atoms with E-state index in [-0.39, 0.29) is 6.10 Å². The van der Waals surface area contributed by atoms with E-state index in [0.717, 1.165) is 26.1 Å². The lowest BCUT2D eigenvalue weighted by molar-refractivity contribution is 0.0541. The fourth-order valence-corrected chi connectivity index (χ4v) is 1.74. The van der Waals surface area contributed by atoms with Crippen molar-refractivity contribution < 1.29 is 9.84 Å². The summed E-state index contributed by atoms with van der Waals surface area (Å²) < 4.78 is 5.30. The summed E-state index contributed by atoms with van der Waals surface area (Å²) in [6.07, 6.45) is 2.05. The van der Waals surface area contributed by atoms with Crippen LogP contribution in [0.3, 0.4) is 0 Å². The van der Waals surface area contributed by atoms with E-state index < -0.39 is 0 Å². The molecule has 0 saturated carbocycles. The van der Waals surface area contributed by atoms with Gasteiger partial charge in [-0.2, -0.15) is 0 Å². The van der Waals surface area contributed by atoms with E-state index in [9.17, 15) is 0 Å². The molecule has 2 atom stereocenters. The molecule has 0 aromatic carbocycles. The van der Waals surface area contributed by atoms with Crippen molar-refractivity contribution in [1.82, 2.24) is 5.32 Å². The van der Waals surface area contributed by atoms with E-state index in [0.29, 0.717) is 18.5 Å². The minimum absolute atomic E-state index is 0.248. The highest BCUT2D eigenvalue weighted by molar-refractivity contribution is 4.75. The van der Waals surface area contributed by atoms with Crippen LogP contribution in [-0.4, -0.2) is 37.0 Å². The Morgan fingerprint density at radius 3 is 2.54 bits per heavy atom. The van der Waals surface area contributed by atoms with E-state index in [4.69, 9.17) is 9.84 Å². The maximum absolute atomic E-state index is 9.11.